The van der Waals surface area contributed by atoms with E-state index in [9.17, 15) is 9.59 Å². The average Bonchev–Trinajstić information content (AvgIpc) is 2.56. The normalized spacial score (nSPS) is 12.1. The van der Waals surface area contributed by atoms with E-state index >= 15 is 0 Å². The Bertz CT molecular complexity index is 328. The minimum Gasteiger partial charge on any atom is -0.481 e. The molecule has 4 heteroatoms. The molecular formula is C21H40O4. The molecule has 0 saturated heterocycles. The molecule has 0 aliphatic heterocycles. The Balaban J connectivity index is 3.69. The van der Waals surface area contributed by atoms with Crippen molar-refractivity contribution in [1.29, 1.82) is 0 Å². The van der Waals surface area contributed by atoms with Gasteiger partial charge in [-0.2, -0.15) is 0 Å². The van der Waals surface area contributed by atoms with E-state index in [0.717, 1.165) is 44.9 Å². The van der Waals surface area contributed by atoms with Crippen molar-refractivity contribution in [2.75, 3.05) is 0 Å². The van der Waals surface area contributed by atoms with Crippen LogP contribution in [0.3, 0.4) is 0 Å². The number of aliphatic carboxylic acids is 1. The minimum absolute atomic E-state index is 0.0105. The van der Waals surface area contributed by atoms with Crippen molar-refractivity contribution in [2.45, 2.75) is 123 Å². The maximum atomic E-state index is 12.0. The highest BCUT2D eigenvalue weighted by atomic mass is 16.5. The van der Waals surface area contributed by atoms with Crippen molar-refractivity contribution in [3.05, 3.63) is 0 Å². The minimum atomic E-state index is -0.734. The van der Waals surface area contributed by atoms with Gasteiger partial charge in [0.1, 0.15) is 6.10 Å². The second-order valence-electron chi connectivity index (χ2n) is 7.12. The first-order valence-electron chi connectivity index (χ1n) is 10.5. The monoisotopic (exact) mass is 356 g/mol. The van der Waals surface area contributed by atoms with E-state index in [1.54, 1.807) is 0 Å². The van der Waals surface area contributed by atoms with E-state index in [0.29, 0.717) is 12.8 Å². The van der Waals surface area contributed by atoms with Crippen molar-refractivity contribution in [3.63, 3.8) is 0 Å². The van der Waals surface area contributed by atoms with E-state index in [1.165, 1.54) is 38.5 Å². The summed E-state index contributed by atoms with van der Waals surface area (Å²) < 4.78 is 5.62. The van der Waals surface area contributed by atoms with Crippen LogP contribution < -0.4 is 0 Å². The molecule has 0 aliphatic carbocycles. The third kappa shape index (κ3) is 17.6. The fourth-order valence-corrected chi connectivity index (χ4v) is 3.06. The average molecular weight is 357 g/mol. The topological polar surface area (TPSA) is 63.6 Å². The summed E-state index contributed by atoms with van der Waals surface area (Å²) in [5.74, 6) is -0.795. The lowest BCUT2D eigenvalue weighted by molar-refractivity contribution is -0.150. The Morgan fingerprint density at radius 2 is 1.28 bits per heavy atom. The lowest BCUT2D eigenvalue weighted by atomic mass is 10.1. The number of carboxylic acids is 1. The smallest absolute Gasteiger partial charge is 0.306 e. The second kappa shape index (κ2) is 17.8. The number of ether oxygens (including phenoxy) is 1. The summed E-state index contributed by atoms with van der Waals surface area (Å²) in [6.07, 6.45) is 15.9. The lowest BCUT2D eigenvalue weighted by Crippen LogP contribution is -2.18. The zero-order chi connectivity index (χ0) is 18.8. The molecule has 0 fully saturated rings. The molecule has 0 aromatic heterocycles. The Morgan fingerprint density at radius 3 is 1.88 bits per heavy atom. The fourth-order valence-electron chi connectivity index (χ4n) is 3.06. The molecule has 0 bridgehead atoms. The Morgan fingerprint density at radius 1 is 0.720 bits per heavy atom. The van der Waals surface area contributed by atoms with E-state index < -0.39 is 5.97 Å². The Kier molecular flexibility index (Phi) is 17.0. The van der Waals surface area contributed by atoms with E-state index in [-0.39, 0.29) is 18.5 Å². The van der Waals surface area contributed by atoms with Crippen molar-refractivity contribution < 1.29 is 19.4 Å². The van der Waals surface area contributed by atoms with Crippen LogP contribution in [0.5, 0.6) is 0 Å². The Hall–Kier alpha value is -1.06. The number of hydrogen-bond acceptors (Lipinski definition) is 3. The lowest BCUT2D eigenvalue weighted by Gasteiger charge is -2.17. The molecule has 1 atom stereocenters. The summed E-state index contributed by atoms with van der Waals surface area (Å²) in [4.78, 5) is 22.5. The van der Waals surface area contributed by atoms with Gasteiger partial charge in [0.15, 0.2) is 0 Å². The predicted molar refractivity (Wildman–Crippen MR) is 103 cm³/mol. The maximum Gasteiger partial charge on any atom is 0.306 e. The van der Waals surface area contributed by atoms with Crippen LogP contribution >= 0.6 is 0 Å². The third-order valence-corrected chi connectivity index (χ3v) is 4.56. The standard InChI is InChI=1S/C21H40O4/c1-3-5-6-7-8-9-10-14-18-21(24)25-19(15-4-2)16-12-11-13-17-20(22)23/h19H,3-18H2,1-2H3,(H,22,23). The molecule has 25 heavy (non-hydrogen) atoms. The van der Waals surface area contributed by atoms with E-state index in [2.05, 4.69) is 13.8 Å². The number of carbonyl (C=O) groups excluding carboxylic acids is 1. The van der Waals surface area contributed by atoms with Crippen LogP contribution in [-0.2, 0) is 14.3 Å². The zero-order valence-electron chi connectivity index (χ0n) is 16.6. The summed E-state index contributed by atoms with van der Waals surface area (Å²) in [7, 11) is 0. The van der Waals surface area contributed by atoms with Crippen LogP contribution in [-0.4, -0.2) is 23.1 Å². The molecule has 0 aromatic carbocycles. The molecule has 0 spiro atoms. The van der Waals surface area contributed by atoms with Crippen LogP contribution in [0.1, 0.15) is 117 Å². The molecule has 0 saturated carbocycles. The van der Waals surface area contributed by atoms with Gasteiger partial charge in [0.25, 0.3) is 0 Å². The summed E-state index contributed by atoms with van der Waals surface area (Å²) in [5, 5.41) is 8.63. The highest BCUT2D eigenvalue weighted by Gasteiger charge is 2.13. The van der Waals surface area contributed by atoms with Gasteiger partial charge in [0.2, 0.25) is 0 Å². The van der Waals surface area contributed by atoms with Gasteiger partial charge in [0.05, 0.1) is 0 Å². The Labute approximate surface area is 154 Å². The van der Waals surface area contributed by atoms with Gasteiger partial charge in [-0.3, -0.25) is 9.59 Å². The molecule has 0 aliphatic rings. The molecule has 0 radical (unpaired) electrons. The molecule has 148 valence electrons. The molecule has 4 nitrogen and oxygen atoms in total. The zero-order valence-corrected chi connectivity index (χ0v) is 16.6. The number of carboxylic acid groups (broad SMARTS) is 1. The van der Waals surface area contributed by atoms with Crippen LogP contribution in [0.25, 0.3) is 0 Å². The van der Waals surface area contributed by atoms with Gasteiger partial charge < -0.3 is 9.84 Å². The van der Waals surface area contributed by atoms with Gasteiger partial charge in [0, 0.05) is 12.8 Å². The van der Waals surface area contributed by atoms with Gasteiger partial charge in [-0.15, -0.1) is 0 Å². The third-order valence-electron chi connectivity index (χ3n) is 4.56. The molecule has 1 N–H and O–H groups in total. The molecule has 1 unspecified atom stereocenters. The van der Waals surface area contributed by atoms with Crippen molar-refractivity contribution in [3.8, 4) is 0 Å². The largest absolute Gasteiger partial charge is 0.481 e. The number of esters is 1. The van der Waals surface area contributed by atoms with Crippen molar-refractivity contribution >= 4 is 11.9 Å². The maximum absolute atomic E-state index is 12.0. The van der Waals surface area contributed by atoms with Crippen LogP contribution in [0.15, 0.2) is 0 Å². The van der Waals surface area contributed by atoms with Gasteiger partial charge in [-0.1, -0.05) is 71.6 Å². The number of rotatable bonds is 18. The highest BCUT2D eigenvalue weighted by molar-refractivity contribution is 5.69. The highest BCUT2D eigenvalue weighted by Crippen LogP contribution is 2.15. The number of carbonyl (C=O) groups is 2. The molecule has 0 rings (SSSR count). The van der Waals surface area contributed by atoms with Crippen LogP contribution in [0.4, 0.5) is 0 Å². The summed E-state index contributed by atoms with van der Waals surface area (Å²) in [6.45, 7) is 4.33. The first-order valence-corrected chi connectivity index (χ1v) is 10.5. The first kappa shape index (κ1) is 23.9. The summed E-state index contributed by atoms with van der Waals surface area (Å²) in [5.41, 5.74) is 0. The van der Waals surface area contributed by atoms with E-state index in [1.807, 2.05) is 0 Å². The van der Waals surface area contributed by atoms with Crippen molar-refractivity contribution in [1.82, 2.24) is 0 Å². The SMILES string of the molecule is CCCCCCCCCCC(=O)OC(CCC)CCCCCC(=O)O. The quantitative estimate of drug-likeness (QED) is 0.232. The summed E-state index contributed by atoms with van der Waals surface area (Å²) >= 11 is 0. The van der Waals surface area contributed by atoms with Crippen LogP contribution in [0.2, 0.25) is 0 Å². The summed E-state index contributed by atoms with van der Waals surface area (Å²) in [6, 6.07) is 0. The predicted octanol–water partition coefficient (Wildman–Crippen LogP) is 6.26. The van der Waals surface area contributed by atoms with Gasteiger partial charge in [-0.25, -0.2) is 0 Å². The molecular weight excluding hydrogens is 316 g/mol. The number of unbranched alkanes of at least 4 members (excludes halogenated alkanes) is 9. The fraction of sp³-hybridized carbons (Fsp3) is 0.905. The van der Waals surface area contributed by atoms with Gasteiger partial charge in [-0.05, 0) is 32.1 Å². The van der Waals surface area contributed by atoms with Gasteiger partial charge >= 0.3 is 11.9 Å². The van der Waals surface area contributed by atoms with E-state index in [4.69, 9.17) is 9.84 Å². The molecule has 0 aromatic rings. The van der Waals surface area contributed by atoms with Crippen molar-refractivity contribution in [2.24, 2.45) is 0 Å². The molecule has 0 amide bonds. The first-order chi connectivity index (χ1) is 12.1. The second-order valence-corrected chi connectivity index (χ2v) is 7.12. The van der Waals surface area contributed by atoms with Crippen LogP contribution in [0, 0.1) is 0 Å². The molecule has 0 heterocycles. The number of hydrogen-bond donors (Lipinski definition) is 1.